The molecule has 104 valence electrons. The van der Waals surface area contributed by atoms with Gasteiger partial charge in [0.2, 0.25) is 0 Å². The predicted molar refractivity (Wildman–Crippen MR) is 73.5 cm³/mol. The van der Waals surface area contributed by atoms with E-state index in [1.807, 2.05) is 45.0 Å². The molecule has 19 heavy (non-hydrogen) atoms. The number of hydrogen-bond donors (Lipinski definition) is 1. The van der Waals surface area contributed by atoms with Gasteiger partial charge >= 0.3 is 6.09 Å². The summed E-state index contributed by atoms with van der Waals surface area (Å²) in [6, 6.07) is 8.06. The summed E-state index contributed by atoms with van der Waals surface area (Å²) in [5.41, 5.74) is 0.685. The average Bonchev–Trinajstić information content (AvgIpc) is 3.05. The highest BCUT2D eigenvalue weighted by Crippen LogP contribution is 2.44. The minimum Gasteiger partial charge on any atom is -0.496 e. The van der Waals surface area contributed by atoms with Crippen molar-refractivity contribution in [3.8, 4) is 5.75 Å². The second-order valence-corrected chi connectivity index (χ2v) is 5.84. The molecule has 0 aromatic heterocycles. The van der Waals surface area contributed by atoms with Crippen LogP contribution in [0.2, 0.25) is 0 Å². The molecule has 1 N–H and O–H groups in total. The maximum absolute atomic E-state index is 11.7. The first-order chi connectivity index (χ1) is 8.90. The Bertz CT molecular complexity index is 465. The molecule has 0 heterocycles. The summed E-state index contributed by atoms with van der Waals surface area (Å²) in [4.78, 5) is 11.7. The number of amides is 1. The number of rotatable bonds is 3. The van der Waals surface area contributed by atoms with Crippen molar-refractivity contribution in [3.63, 3.8) is 0 Å². The number of carbonyl (C=O) groups excluding carboxylic acids is 1. The van der Waals surface area contributed by atoms with Gasteiger partial charge in [0.25, 0.3) is 0 Å². The lowest BCUT2D eigenvalue weighted by Crippen LogP contribution is -2.34. The molecule has 0 saturated heterocycles. The van der Waals surface area contributed by atoms with Crippen LogP contribution in [0.15, 0.2) is 24.3 Å². The number of carbonyl (C=O) groups is 1. The second kappa shape index (κ2) is 5.11. The van der Waals surface area contributed by atoms with Gasteiger partial charge in [0.15, 0.2) is 0 Å². The fraction of sp³-hybridized carbons (Fsp3) is 0.533. The molecule has 2 unspecified atom stereocenters. The van der Waals surface area contributed by atoms with Crippen molar-refractivity contribution in [2.24, 2.45) is 0 Å². The molecule has 2 rings (SSSR count). The normalized spacial score (nSPS) is 21.7. The minimum atomic E-state index is -0.459. The summed E-state index contributed by atoms with van der Waals surface area (Å²) in [6.45, 7) is 5.57. The summed E-state index contributed by atoms with van der Waals surface area (Å²) >= 11 is 0. The molecule has 1 aliphatic rings. The van der Waals surface area contributed by atoms with Gasteiger partial charge in [-0.1, -0.05) is 18.2 Å². The standard InChI is InChI=1S/C15H21NO3/c1-15(2,3)19-14(17)16-12-9-11(12)10-7-5-6-8-13(10)18-4/h5-8,11-12H,9H2,1-4H3,(H,16,17). The highest BCUT2D eigenvalue weighted by atomic mass is 16.6. The van der Waals surface area contributed by atoms with Crippen LogP contribution >= 0.6 is 0 Å². The van der Waals surface area contributed by atoms with Crippen LogP contribution in [0.3, 0.4) is 0 Å². The molecule has 1 aliphatic carbocycles. The van der Waals surface area contributed by atoms with Crippen molar-refractivity contribution in [3.05, 3.63) is 29.8 Å². The first-order valence-corrected chi connectivity index (χ1v) is 6.53. The molecule has 1 aromatic carbocycles. The second-order valence-electron chi connectivity index (χ2n) is 5.84. The fourth-order valence-electron chi connectivity index (χ4n) is 2.13. The van der Waals surface area contributed by atoms with Gasteiger partial charge in [0, 0.05) is 12.0 Å². The molecule has 1 amide bonds. The molecular weight excluding hydrogens is 242 g/mol. The molecule has 0 spiro atoms. The SMILES string of the molecule is COc1ccccc1C1CC1NC(=O)OC(C)(C)C. The molecule has 1 fully saturated rings. The van der Waals surface area contributed by atoms with Crippen molar-refractivity contribution in [2.45, 2.75) is 44.8 Å². The lowest BCUT2D eigenvalue weighted by Gasteiger charge is -2.19. The molecule has 2 atom stereocenters. The predicted octanol–water partition coefficient (Wildman–Crippen LogP) is 3.08. The van der Waals surface area contributed by atoms with Crippen LogP contribution in [0, 0.1) is 0 Å². The van der Waals surface area contributed by atoms with E-state index in [1.165, 1.54) is 0 Å². The minimum absolute atomic E-state index is 0.145. The van der Waals surface area contributed by atoms with Crippen LogP contribution in [0.5, 0.6) is 5.75 Å². The van der Waals surface area contributed by atoms with Crippen LogP contribution in [0.25, 0.3) is 0 Å². The molecule has 4 heteroatoms. The van der Waals surface area contributed by atoms with Gasteiger partial charge in [-0.05, 0) is 38.8 Å². The third-order valence-electron chi connectivity index (χ3n) is 3.03. The number of alkyl carbamates (subject to hydrolysis) is 1. The maximum Gasteiger partial charge on any atom is 0.407 e. The Hall–Kier alpha value is -1.71. The van der Waals surface area contributed by atoms with Gasteiger partial charge < -0.3 is 14.8 Å². The number of para-hydroxylation sites is 1. The highest BCUT2D eigenvalue weighted by Gasteiger charge is 2.41. The third kappa shape index (κ3) is 3.63. The van der Waals surface area contributed by atoms with Crippen molar-refractivity contribution in [2.75, 3.05) is 7.11 Å². The topological polar surface area (TPSA) is 47.6 Å². The number of methoxy groups -OCH3 is 1. The highest BCUT2D eigenvalue weighted by molar-refractivity contribution is 5.69. The van der Waals surface area contributed by atoms with Crippen LogP contribution in [0.1, 0.15) is 38.7 Å². The molecule has 1 aromatic rings. The van der Waals surface area contributed by atoms with E-state index in [0.29, 0.717) is 5.92 Å². The van der Waals surface area contributed by atoms with E-state index in [-0.39, 0.29) is 12.1 Å². The Labute approximate surface area is 114 Å². The Morgan fingerprint density at radius 2 is 2.00 bits per heavy atom. The van der Waals surface area contributed by atoms with Gasteiger partial charge in [-0.15, -0.1) is 0 Å². The van der Waals surface area contributed by atoms with Crippen LogP contribution < -0.4 is 10.1 Å². The van der Waals surface area contributed by atoms with E-state index >= 15 is 0 Å². The molecule has 0 aliphatic heterocycles. The maximum atomic E-state index is 11.7. The smallest absolute Gasteiger partial charge is 0.407 e. The summed E-state index contributed by atoms with van der Waals surface area (Å²) in [6.07, 6.45) is 0.578. The molecule has 4 nitrogen and oxygen atoms in total. The first-order valence-electron chi connectivity index (χ1n) is 6.53. The van der Waals surface area contributed by atoms with Crippen molar-refractivity contribution in [1.82, 2.24) is 5.32 Å². The third-order valence-corrected chi connectivity index (χ3v) is 3.03. The van der Waals surface area contributed by atoms with E-state index in [4.69, 9.17) is 9.47 Å². The summed E-state index contributed by atoms with van der Waals surface area (Å²) in [7, 11) is 1.66. The lowest BCUT2D eigenvalue weighted by atomic mass is 10.1. The zero-order chi connectivity index (χ0) is 14.0. The van der Waals surface area contributed by atoms with Crippen LogP contribution in [-0.2, 0) is 4.74 Å². The van der Waals surface area contributed by atoms with Crippen molar-refractivity contribution in [1.29, 1.82) is 0 Å². The average molecular weight is 263 g/mol. The number of hydrogen-bond acceptors (Lipinski definition) is 3. The Morgan fingerprint density at radius 1 is 1.32 bits per heavy atom. The lowest BCUT2D eigenvalue weighted by molar-refractivity contribution is 0.0522. The van der Waals surface area contributed by atoms with Crippen LogP contribution in [0.4, 0.5) is 4.79 Å². The monoisotopic (exact) mass is 263 g/mol. The zero-order valence-corrected chi connectivity index (χ0v) is 11.9. The van der Waals surface area contributed by atoms with Gasteiger partial charge in [0.1, 0.15) is 11.4 Å². The quantitative estimate of drug-likeness (QED) is 0.911. The van der Waals surface area contributed by atoms with Gasteiger partial charge in [-0.2, -0.15) is 0 Å². The molecule has 0 bridgehead atoms. The van der Waals surface area contributed by atoms with Gasteiger partial charge in [0.05, 0.1) is 7.11 Å². The number of nitrogens with one attached hydrogen (secondary N) is 1. The largest absolute Gasteiger partial charge is 0.496 e. The summed E-state index contributed by atoms with van der Waals surface area (Å²) in [5, 5.41) is 2.89. The Morgan fingerprint density at radius 3 is 2.63 bits per heavy atom. The zero-order valence-electron chi connectivity index (χ0n) is 11.9. The van der Waals surface area contributed by atoms with Gasteiger partial charge in [-0.25, -0.2) is 4.79 Å². The fourth-order valence-corrected chi connectivity index (χ4v) is 2.13. The molecule has 1 saturated carbocycles. The van der Waals surface area contributed by atoms with E-state index < -0.39 is 5.60 Å². The van der Waals surface area contributed by atoms with E-state index in [9.17, 15) is 4.79 Å². The van der Waals surface area contributed by atoms with Crippen LogP contribution in [-0.4, -0.2) is 24.8 Å². The Kier molecular flexibility index (Phi) is 3.69. The van der Waals surface area contributed by atoms with E-state index in [1.54, 1.807) is 7.11 Å². The molecular formula is C15H21NO3. The number of ether oxygens (including phenoxy) is 2. The van der Waals surface area contributed by atoms with E-state index in [0.717, 1.165) is 17.7 Å². The van der Waals surface area contributed by atoms with Gasteiger partial charge in [-0.3, -0.25) is 0 Å². The molecule has 0 radical (unpaired) electrons. The summed E-state index contributed by atoms with van der Waals surface area (Å²) < 4.78 is 10.6. The van der Waals surface area contributed by atoms with Crippen molar-refractivity contribution >= 4 is 6.09 Å². The first kappa shape index (κ1) is 13.7. The Balaban J connectivity index is 1.92. The van der Waals surface area contributed by atoms with Crippen molar-refractivity contribution < 1.29 is 14.3 Å². The van der Waals surface area contributed by atoms with E-state index in [2.05, 4.69) is 5.32 Å². The summed E-state index contributed by atoms with van der Waals surface area (Å²) in [5.74, 6) is 1.20. The number of benzene rings is 1.